The highest BCUT2D eigenvalue weighted by atomic mass is 16.4. The van der Waals surface area contributed by atoms with Crippen LogP contribution in [0.4, 0.5) is 5.69 Å². The largest absolute Gasteiger partial charge is 0.399 e. The Morgan fingerprint density at radius 2 is 1.03 bits per heavy atom. The van der Waals surface area contributed by atoms with Crippen molar-refractivity contribution in [3.05, 3.63) is 29.8 Å². The molecule has 0 aliphatic rings. The Morgan fingerprint density at radius 3 is 1.42 bits per heavy atom. The van der Waals surface area contributed by atoms with E-state index >= 15 is 0 Å². The van der Waals surface area contributed by atoms with E-state index in [1.807, 2.05) is 12.1 Å². The van der Waals surface area contributed by atoms with Crippen LogP contribution in [0, 0.1) is 0 Å². The number of nitrogens with zero attached hydrogens (tertiary/aromatic N) is 1. The molecule has 0 bridgehead atoms. The molecule has 0 saturated carbocycles. The normalized spacial score (nSPS) is 19.5. The molecule has 0 unspecified atom stereocenters. The maximum absolute atomic E-state index is 10.3. The number of rotatable bonds is 16. The smallest absolute Gasteiger partial charge is 0.111 e. The van der Waals surface area contributed by atoms with Crippen molar-refractivity contribution in [2.45, 2.75) is 61.7 Å². The first-order valence-electron chi connectivity index (χ1n) is 10.7. The van der Waals surface area contributed by atoms with Gasteiger partial charge in [0.05, 0.1) is 25.4 Å². The van der Waals surface area contributed by atoms with E-state index in [2.05, 4.69) is 0 Å². The fraction of sp³-hybridized carbons (Fsp3) is 0.714. The molecule has 0 spiro atoms. The van der Waals surface area contributed by atoms with Crippen LogP contribution >= 0.6 is 0 Å². The fourth-order valence-corrected chi connectivity index (χ4v) is 3.32. The Hall–Kier alpha value is -1.42. The third-order valence-corrected chi connectivity index (χ3v) is 5.46. The van der Waals surface area contributed by atoms with Gasteiger partial charge in [-0.25, -0.2) is 0 Å². The second-order valence-electron chi connectivity index (χ2n) is 8.20. The van der Waals surface area contributed by atoms with Crippen molar-refractivity contribution >= 4 is 5.69 Å². The molecule has 0 amide bonds. The first-order chi connectivity index (χ1) is 15.5. The van der Waals surface area contributed by atoms with Crippen molar-refractivity contribution in [2.75, 3.05) is 38.6 Å². The van der Waals surface area contributed by atoms with Gasteiger partial charge in [-0.15, -0.1) is 0 Å². The molecule has 0 radical (unpaired) electrons. The van der Waals surface area contributed by atoms with E-state index in [0.717, 1.165) is 5.56 Å². The summed E-state index contributed by atoms with van der Waals surface area (Å²) in [5.41, 5.74) is 7.25. The van der Waals surface area contributed by atoms with Crippen LogP contribution in [-0.4, -0.2) is 138 Å². The van der Waals surface area contributed by atoms with E-state index in [1.165, 1.54) is 4.90 Å². The molecule has 1 aromatic rings. The van der Waals surface area contributed by atoms with Gasteiger partial charge in [-0.05, 0) is 37.1 Å². The molecule has 1 rings (SSSR count). The van der Waals surface area contributed by atoms with Crippen molar-refractivity contribution < 1.29 is 51.1 Å². The van der Waals surface area contributed by atoms with Crippen LogP contribution in [0.2, 0.25) is 0 Å². The Labute approximate surface area is 192 Å². The number of aliphatic hydroxyl groups is 10. The maximum atomic E-state index is 10.3. The highest BCUT2D eigenvalue weighted by Gasteiger charge is 2.34. The highest BCUT2D eigenvalue weighted by Crippen LogP contribution is 2.13. The van der Waals surface area contributed by atoms with Crippen LogP contribution in [0.5, 0.6) is 0 Å². The van der Waals surface area contributed by atoms with Gasteiger partial charge in [0.2, 0.25) is 0 Å². The lowest BCUT2D eigenvalue weighted by Gasteiger charge is -2.33. The zero-order valence-corrected chi connectivity index (χ0v) is 18.4. The van der Waals surface area contributed by atoms with Gasteiger partial charge in [0.25, 0.3) is 0 Å². The van der Waals surface area contributed by atoms with E-state index in [4.69, 9.17) is 15.9 Å². The Balaban J connectivity index is 2.82. The first kappa shape index (κ1) is 29.6. The molecule has 12 N–H and O–H groups in total. The Kier molecular flexibility index (Phi) is 13.2. The molecule has 33 heavy (non-hydrogen) atoms. The first-order valence-corrected chi connectivity index (χ1v) is 10.7. The molecule has 12 nitrogen and oxygen atoms in total. The monoisotopic (exact) mass is 478 g/mol. The van der Waals surface area contributed by atoms with Crippen molar-refractivity contribution in [1.29, 1.82) is 0 Å². The predicted molar refractivity (Wildman–Crippen MR) is 118 cm³/mol. The second-order valence-corrected chi connectivity index (χ2v) is 8.20. The molecule has 1 aromatic carbocycles. The Bertz CT molecular complexity index is 622. The van der Waals surface area contributed by atoms with Gasteiger partial charge in [0.1, 0.15) is 36.6 Å². The molecule has 0 aromatic heterocycles. The van der Waals surface area contributed by atoms with Gasteiger partial charge < -0.3 is 56.8 Å². The summed E-state index contributed by atoms with van der Waals surface area (Å²) < 4.78 is 0. The van der Waals surface area contributed by atoms with E-state index in [0.29, 0.717) is 18.5 Å². The van der Waals surface area contributed by atoms with Gasteiger partial charge in [-0.2, -0.15) is 0 Å². The minimum absolute atomic E-state index is 0.259. The molecule has 0 saturated heterocycles. The van der Waals surface area contributed by atoms with Crippen LogP contribution < -0.4 is 5.73 Å². The molecule has 8 atom stereocenters. The van der Waals surface area contributed by atoms with Gasteiger partial charge in [0, 0.05) is 18.8 Å². The van der Waals surface area contributed by atoms with Gasteiger partial charge >= 0.3 is 0 Å². The topological polar surface area (TPSA) is 232 Å². The zero-order chi connectivity index (χ0) is 25.1. The van der Waals surface area contributed by atoms with E-state index < -0.39 is 62.0 Å². The molecule has 0 fully saturated rings. The summed E-state index contributed by atoms with van der Waals surface area (Å²) >= 11 is 0. The lowest BCUT2D eigenvalue weighted by molar-refractivity contribution is -0.130. The molecule has 192 valence electrons. The van der Waals surface area contributed by atoms with Crippen molar-refractivity contribution in [2.24, 2.45) is 0 Å². The zero-order valence-electron chi connectivity index (χ0n) is 18.4. The minimum atomic E-state index is -1.82. The summed E-state index contributed by atoms with van der Waals surface area (Å²) in [5.74, 6) is 0. The minimum Gasteiger partial charge on any atom is -0.399 e. The molecular formula is C21H38N2O10. The third kappa shape index (κ3) is 9.76. The average Bonchev–Trinajstić information content (AvgIpc) is 2.81. The maximum Gasteiger partial charge on any atom is 0.111 e. The summed E-state index contributed by atoms with van der Waals surface area (Å²) in [7, 11) is 0. The number of benzene rings is 1. The van der Waals surface area contributed by atoms with Gasteiger partial charge in [-0.3, -0.25) is 4.90 Å². The SMILES string of the molecule is Nc1ccc(CCCN(C[C@H](O)[C@@H](O)[C@H](O)[C@H](O)CO)C[C@H](O)[C@@H](O)[C@H](O)[C@H](O)CO)cc1. The number of nitrogens with two attached hydrogens (primary N) is 1. The summed E-state index contributed by atoms with van der Waals surface area (Å²) in [6.07, 6.45) is -12.6. The van der Waals surface area contributed by atoms with Crippen molar-refractivity contribution in [1.82, 2.24) is 4.90 Å². The average molecular weight is 479 g/mol. The highest BCUT2D eigenvalue weighted by molar-refractivity contribution is 5.39. The number of anilines is 1. The molecule has 12 heteroatoms. The fourth-order valence-electron chi connectivity index (χ4n) is 3.32. The molecule has 0 aliphatic heterocycles. The van der Waals surface area contributed by atoms with Gasteiger partial charge in [0.15, 0.2) is 0 Å². The lowest BCUT2D eigenvalue weighted by Crippen LogP contribution is -2.53. The van der Waals surface area contributed by atoms with E-state index in [1.54, 1.807) is 12.1 Å². The standard InChI is InChI=1S/C21H38N2O10/c22-13-5-3-12(4-6-13)2-1-7-23(8-14(26)18(30)20(32)16(28)10-24)9-15(27)19(31)21(33)17(29)11-25/h3-6,14-21,24-33H,1-2,7-11,22H2/t14-,15-,16+,17+,18+,19+,20+,21+/m0/s1. The van der Waals surface area contributed by atoms with Crippen LogP contribution in [0.3, 0.4) is 0 Å². The quantitative estimate of drug-likeness (QED) is 0.101. The van der Waals surface area contributed by atoms with Gasteiger partial charge in [-0.1, -0.05) is 12.1 Å². The van der Waals surface area contributed by atoms with Crippen LogP contribution in [0.25, 0.3) is 0 Å². The summed E-state index contributed by atoms with van der Waals surface area (Å²) in [4.78, 5) is 1.47. The number of aliphatic hydroxyl groups excluding tert-OH is 10. The lowest BCUT2D eigenvalue weighted by atomic mass is 10.0. The summed E-state index contributed by atoms with van der Waals surface area (Å²) in [5, 5.41) is 97.2. The van der Waals surface area contributed by atoms with Crippen LogP contribution in [-0.2, 0) is 6.42 Å². The third-order valence-electron chi connectivity index (χ3n) is 5.46. The number of hydrogen-bond donors (Lipinski definition) is 11. The molecule has 0 aliphatic carbocycles. The van der Waals surface area contributed by atoms with E-state index in [9.17, 15) is 40.9 Å². The number of hydrogen-bond acceptors (Lipinski definition) is 12. The molecule has 0 heterocycles. The summed E-state index contributed by atoms with van der Waals surface area (Å²) in [6.45, 7) is -1.98. The van der Waals surface area contributed by atoms with Crippen LogP contribution in [0.15, 0.2) is 24.3 Å². The van der Waals surface area contributed by atoms with Crippen molar-refractivity contribution in [3.8, 4) is 0 Å². The Morgan fingerprint density at radius 1 is 0.636 bits per heavy atom. The van der Waals surface area contributed by atoms with Crippen LogP contribution in [0.1, 0.15) is 12.0 Å². The summed E-state index contributed by atoms with van der Waals surface area (Å²) in [6, 6.07) is 7.18. The number of nitrogen functional groups attached to an aromatic ring is 1. The predicted octanol–water partition coefficient (Wildman–Crippen LogP) is -4.62. The van der Waals surface area contributed by atoms with E-state index in [-0.39, 0.29) is 19.6 Å². The van der Waals surface area contributed by atoms with Crippen molar-refractivity contribution in [3.63, 3.8) is 0 Å². The number of aryl methyl sites for hydroxylation is 1. The molecular weight excluding hydrogens is 440 g/mol. The second kappa shape index (κ2) is 14.8.